The average molecular weight is 465 g/mol. The molecule has 0 saturated heterocycles. The fraction of sp³-hybridized carbons (Fsp3) is 0.385. The van der Waals surface area contributed by atoms with Crippen molar-refractivity contribution in [2.45, 2.75) is 57.0 Å². The molecular formula is C26H29FN4O3. The summed E-state index contributed by atoms with van der Waals surface area (Å²) in [4.78, 5) is 37.1. The van der Waals surface area contributed by atoms with E-state index in [1.165, 1.54) is 24.8 Å². The van der Waals surface area contributed by atoms with Gasteiger partial charge in [0.2, 0.25) is 5.91 Å². The van der Waals surface area contributed by atoms with Crippen molar-refractivity contribution in [2.75, 3.05) is 6.54 Å². The van der Waals surface area contributed by atoms with E-state index in [1.54, 1.807) is 29.4 Å². The van der Waals surface area contributed by atoms with Crippen LogP contribution in [-0.4, -0.2) is 39.3 Å². The van der Waals surface area contributed by atoms with Crippen molar-refractivity contribution in [1.82, 2.24) is 20.2 Å². The van der Waals surface area contributed by atoms with Crippen molar-refractivity contribution >= 4 is 11.8 Å². The summed E-state index contributed by atoms with van der Waals surface area (Å²) in [6, 6.07) is 8.91. The van der Waals surface area contributed by atoms with Gasteiger partial charge in [-0.1, -0.05) is 43.9 Å². The summed E-state index contributed by atoms with van der Waals surface area (Å²) < 4.78 is 18.6. The van der Waals surface area contributed by atoms with E-state index in [1.807, 2.05) is 12.1 Å². The summed E-state index contributed by atoms with van der Waals surface area (Å²) in [6.07, 6.45) is 12.1. The molecule has 1 atom stereocenters. The topological polar surface area (TPSA) is 88.3 Å². The van der Waals surface area contributed by atoms with Gasteiger partial charge in [0.05, 0.1) is 0 Å². The molecular weight excluding hydrogens is 435 g/mol. The fourth-order valence-corrected chi connectivity index (χ4v) is 4.58. The Hall–Kier alpha value is -3.55. The predicted molar refractivity (Wildman–Crippen MR) is 124 cm³/mol. The van der Waals surface area contributed by atoms with E-state index in [4.69, 9.17) is 4.42 Å². The van der Waals surface area contributed by atoms with Crippen LogP contribution in [0.25, 0.3) is 0 Å². The molecule has 1 N–H and O–H groups in total. The molecule has 0 bridgehead atoms. The van der Waals surface area contributed by atoms with Gasteiger partial charge >= 0.3 is 0 Å². The quantitative estimate of drug-likeness (QED) is 0.497. The van der Waals surface area contributed by atoms with Crippen LogP contribution in [0.4, 0.5) is 4.39 Å². The highest BCUT2D eigenvalue weighted by Crippen LogP contribution is 2.31. The first kappa shape index (κ1) is 23.6. The van der Waals surface area contributed by atoms with Gasteiger partial charge in [-0.25, -0.2) is 9.37 Å². The van der Waals surface area contributed by atoms with Gasteiger partial charge in [-0.15, -0.1) is 0 Å². The Morgan fingerprint density at radius 3 is 2.65 bits per heavy atom. The summed E-state index contributed by atoms with van der Waals surface area (Å²) in [6.45, 7) is 0.315. The number of aromatic nitrogens is 2. The molecule has 0 aliphatic heterocycles. The second kappa shape index (κ2) is 11.5. The van der Waals surface area contributed by atoms with Gasteiger partial charge in [-0.3, -0.25) is 14.6 Å². The van der Waals surface area contributed by atoms with Gasteiger partial charge in [0.15, 0.2) is 12.1 Å². The Labute approximate surface area is 198 Å². The SMILES string of the molecule is O=C(NCCc1cccc(F)c1)C(c1cccnc1)N(C(=O)c1cocn1)C1CCCCCC1. The molecule has 34 heavy (non-hydrogen) atoms. The van der Waals surface area contributed by atoms with Crippen molar-refractivity contribution < 1.29 is 18.4 Å². The van der Waals surface area contributed by atoms with Crippen LogP contribution < -0.4 is 5.32 Å². The highest BCUT2D eigenvalue weighted by atomic mass is 19.1. The summed E-state index contributed by atoms with van der Waals surface area (Å²) in [5, 5.41) is 2.96. The minimum Gasteiger partial charge on any atom is -0.451 e. The maximum Gasteiger partial charge on any atom is 0.277 e. The molecule has 1 saturated carbocycles. The first-order valence-electron chi connectivity index (χ1n) is 11.8. The second-order valence-corrected chi connectivity index (χ2v) is 8.59. The average Bonchev–Trinajstić information content (AvgIpc) is 3.26. The second-order valence-electron chi connectivity index (χ2n) is 8.59. The lowest BCUT2D eigenvalue weighted by Crippen LogP contribution is -2.49. The summed E-state index contributed by atoms with van der Waals surface area (Å²) in [5.41, 5.74) is 1.59. The standard InChI is InChI=1S/C26H29FN4O3/c27-21-9-5-7-19(15-21)12-14-29-25(32)24(20-8-6-13-28-16-20)31(22-10-3-1-2-4-11-22)26(33)23-17-34-18-30-23/h5-9,13,15-18,22,24H,1-4,10-12,14H2,(H,29,32). The van der Waals surface area contributed by atoms with Crippen LogP contribution >= 0.6 is 0 Å². The number of oxazole rings is 1. The van der Waals surface area contributed by atoms with E-state index < -0.39 is 6.04 Å². The van der Waals surface area contributed by atoms with Crippen molar-refractivity contribution in [3.63, 3.8) is 0 Å². The fourth-order valence-electron chi connectivity index (χ4n) is 4.58. The molecule has 7 nitrogen and oxygen atoms in total. The van der Waals surface area contributed by atoms with Crippen LogP contribution in [0.1, 0.15) is 66.2 Å². The number of benzene rings is 1. The molecule has 1 aliphatic carbocycles. The van der Waals surface area contributed by atoms with Crippen molar-refractivity contribution in [1.29, 1.82) is 0 Å². The third kappa shape index (κ3) is 5.87. The molecule has 2 aromatic heterocycles. The molecule has 1 aromatic carbocycles. The van der Waals surface area contributed by atoms with Crippen molar-refractivity contribution in [3.05, 3.63) is 84.1 Å². The number of amides is 2. The molecule has 1 fully saturated rings. The Morgan fingerprint density at radius 1 is 1.15 bits per heavy atom. The van der Waals surface area contributed by atoms with E-state index in [0.717, 1.165) is 44.1 Å². The minimum absolute atomic E-state index is 0.106. The number of nitrogens with one attached hydrogen (secondary N) is 1. The number of hydrogen-bond acceptors (Lipinski definition) is 5. The Balaban J connectivity index is 1.61. The zero-order chi connectivity index (χ0) is 23.8. The van der Waals surface area contributed by atoms with E-state index in [9.17, 15) is 14.0 Å². The Kier molecular flexibility index (Phi) is 8.01. The smallest absolute Gasteiger partial charge is 0.277 e. The lowest BCUT2D eigenvalue weighted by atomic mass is 9.99. The zero-order valence-corrected chi connectivity index (χ0v) is 19.0. The monoisotopic (exact) mass is 464 g/mol. The van der Waals surface area contributed by atoms with Crippen LogP contribution in [0.2, 0.25) is 0 Å². The summed E-state index contributed by atoms with van der Waals surface area (Å²) in [7, 11) is 0. The third-order valence-corrected chi connectivity index (χ3v) is 6.23. The number of rotatable bonds is 8. The van der Waals surface area contributed by atoms with Gasteiger partial charge in [-0.2, -0.15) is 0 Å². The zero-order valence-electron chi connectivity index (χ0n) is 19.0. The van der Waals surface area contributed by atoms with Crippen LogP contribution in [-0.2, 0) is 11.2 Å². The van der Waals surface area contributed by atoms with Crippen LogP contribution in [0, 0.1) is 5.82 Å². The van der Waals surface area contributed by atoms with Gasteiger partial charge in [0, 0.05) is 30.5 Å². The largest absolute Gasteiger partial charge is 0.451 e. The summed E-state index contributed by atoms with van der Waals surface area (Å²) in [5.74, 6) is -0.949. The van der Waals surface area contributed by atoms with Crippen LogP contribution in [0.15, 0.2) is 65.9 Å². The number of carbonyl (C=O) groups is 2. The number of carbonyl (C=O) groups excluding carboxylic acids is 2. The number of pyridine rings is 1. The lowest BCUT2D eigenvalue weighted by molar-refractivity contribution is -0.126. The molecule has 0 spiro atoms. The third-order valence-electron chi connectivity index (χ3n) is 6.23. The number of nitrogens with zero attached hydrogens (tertiary/aromatic N) is 3. The molecule has 1 aliphatic rings. The summed E-state index contributed by atoms with van der Waals surface area (Å²) >= 11 is 0. The van der Waals surface area contributed by atoms with Gasteiger partial charge in [-0.05, 0) is 43.0 Å². The van der Waals surface area contributed by atoms with E-state index in [2.05, 4.69) is 15.3 Å². The van der Waals surface area contributed by atoms with E-state index in [0.29, 0.717) is 18.5 Å². The van der Waals surface area contributed by atoms with E-state index in [-0.39, 0.29) is 29.4 Å². The Morgan fingerprint density at radius 2 is 1.97 bits per heavy atom. The highest BCUT2D eigenvalue weighted by molar-refractivity contribution is 5.96. The Bertz CT molecular complexity index is 1070. The van der Waals surface area contributed by atoms with E-state index >= 15 is 0 Å². The first-order valence-corrected chi connectivity index (χ1v) is 11.8. The predicted octanol–water partition coefficient (Wildman–Crippen LogP) is 4.47. The lowest BCUT2D eigenvalue weighted by Gasteiger charge is -2.37. The van der Waals surface area contributed by atoms with Crippen molar-refractivity contribution in [2.24, 2.45) is 0 Å². The minimum atomic E-state index is -0.867. The van der Waals surface area contributed by atoms with Crippen LogP contribution in [0.5, 0.6) is 0 Å². The van der Waals surface area contributed by atoms with Gasteiger partial charge in [0.1, 0.15) is 18.1 Å². The molecule has 2 amide bonds. The first-order chi connectivity index (χ1) is 16.6. The van der Waals surface area contributed by atoms with Crippen LogP contribution in [0.3, 0.4) is 0 Å². The molecule has 178 valence electrons. The highest BCUT2D eigenvalue weighted by Gasteiger charge is 2.38. The normalized spacial score (nSPS) is 15.3. The molecule has 0 radical (unpaired) electrons. The van der Waals surface area contributed by atoms with Gasteiger partial charge in [0.25, 0.3) is 5.91 Å². The molecule has 8 heteroatoms. The molecule has 3 aromatic rings. The molecule has 2 heterocycles. The molecule has 4 rings (SSSR count). The molecule has 1 unspecified atom stereocenters. The maximum atomic E-state index is 13.6. The number of hydrogen-bond donors (Lipinski definition) is 1. The van der Waals surface area contributed by atoms with Crippen molar-refractivity contribution in [3.8, 4) is 0 Å². The maximum absolute atomic E-state index is 13.6. The van der Waals surface area contributed by atoms with Gasteiger partial charge < -0.3 is 14.6 Å². The number of halogens is 1.